The predicted octanol–water partition coefficient (Wildman–Crippen LogP) is 6.11. The van der Waals surface area contributed by atoms with Gasteiger partial charge in [-0.2, -0.15) is 10.1 Å². The van der Waals surface area contributed by atoms with Crippen molar-refractivity contribution in [3.63, 3.8) is 0 Å². The summed E-state index contributed by atoms with van der Waals surface area (Å²) < 4.78 is 7.46. The minimum atomic E-state index is -0.359. The standard InChI is InChI=1S/C35H44N8O3/c1-23(2)43-33-30(22-36-43)31(39-34(40-33)42-18-20-46-21-19-42)25-7-11-27(12-8-25)37-35(45)38-28-13-9-26(10-14-28)32(44)29-6-5-16-41(4)17-15-24(29)3/h7-14,22-24,29H,5-6,15-21H2,1-4H3,(H2,37,38,45). The maximum atomic E-state index is 13.3. The highest BCUT2D eigenvalue weighted by Gasteiger charge is 2.27. The summed E-state index contributed by atoms with van der Waals surface area (Å²) in [7, 11) is 2.15. The van der Waals surface area contributed by atoms with Gasteiger partial charge in [-0.25, -0.2) is 14.5 Å². The Morgan fingerprint density at radius 2 is 1.57 bits per heavy atom. The Bertz CT molecular complexity index is 1660. The SMILES string of the molecule is CC1CCN(C)CCCC1C(=O)c1ccc(NC(=O)Nc2ccc(-c3nc(N4CCOCC4)nc4c3cnn4C(C)C)cc2)cc1. The third-order valence-corrected chi connectivity index (χ3v) is 9.11. The van der Waals surface area contributed by atoms with Crippen molar-refractivity contribution >= 4 is 40.2 Å². The molecular formula is C35H44N8O3. The van der Waals surface area contributed by atoms with E-state index in [0.717, 1.165) is 67.7 Å². The smallest absolute Gasteiger partial charge is 0.323 e. The van der Waals surface area contributed by atoms with Crippen molar-refractivity contribution < 1.29 is 14.3 Å². The number of carbonyl (C=O) groups is 2. The molecule has 2 unspecified atom stereocenters. The number of ketones is 1. The number of nitrogens with one attached hydrogen (secondary N) is 2. The average Bonchev–Trinajstić information content (AvgIpc) is 3.50. The zero-order chi connectivity index (χ0) is 32.2. The number of amides is 2. The summed E-state index contributed by atoms with van der Waals surface area (Å²) in [5.41, 5.74) is 4.46. The van der Waals surface area contributed by atoms with Crippen LogP contribution in [0.5, 0.6) is 0 Å². The predicted molar refractivity (Wildman–Crippen MR) is 182 cm³/mol. The van der Waals surface area contributed by atoms with E-state index >= 15 is 0 Å². The van der Waals surface area contributed by atoms with Gasteiger partial charge in [0.05, 0.1) is 30.5 Å². The Labute approximate surface area is 270 Å². The Balaban J connectivity index is 1.12. The van der Waals surface area contributed by atoms with E-state index in [2.05, 4.69) is 53.4 Å². The van der Waals surface area contributed by atoms with Gasteiger partial charge in [0, 0.05) is 47.6 Å². The van der Waals surface area contributed by atoms with Crippen molar-refractivity contribution in [3.05, 3.63) is 60.3 Å². The van der Waals surface area contributed by atoms with E-state index in [4.69, 9.17) is 14.7 Å². The maximum Gasteiger partial charge on any atom is 0.323 e. The molecule has 242 valence electrons. The second-order valence-corrected chi connectivity index (χ2v) is 12.8. The Morgan fingerprint density at radius 1 is 0.891 bits per heavy atom. The quantitative estimate of drug-likeness (QED) is 0.237. The zero-order valence-electron chi connectivity index (χ0n) is 27.2. The van der Waals surface area contributed by atoms with Gasteiger partial charge >= 0.3 is 6.03 Å². The molecule has 2 fully saturated rings. The van der Waals surface area contributed by atoms with Crippen LogP contribution in [0.3, 0.4) is 0 Å². The lowest BCUT2D eigenvalue weighted by Gasteiger charge is -2.29. The van der Waals surface area contributed by atoms with Crippen LogP contribution in [0.4, 0.5) is 22.1 Å². The molecule has 2 amide bonds. The first-order valence-electron chi connectivity index (χ1n) is 16.4. The summed E-state index contributed by atoms with van der Waals surface area (Å²) >= 11 is 0. The highest BCUT2D eigenvalue weighted by Crippen LogP contribution is 2.31. The van der Waals surface area contributed by atoms with E-state index in [-0.39, 0.29) is 23.8 Å². The van der Waals surface area contributed by atoms with Crippen LogP contribution in [0.1, 0.15) is 56.4 Å². The van der Waals surface area contributed by atoms with Crippen molar-refractivity contribution in [2.24, 2.45) is 11.8 Å². The van der Waals surface area contributed by atoms with Crippen molar-refractivity contribution in [2.75, 3.05) is 62.0 Å². The van der Waals surface area contributed by atoms with E-state index in [0.29, 0.717) is 42.0 Å². The molecule has 6 rings (SSSR count). The van der Waals surface area contributed by atoms with Gasteiger partial charge in [0.25, 0.3) is 0 Å². The number of carbonyl (C=O) groups excluding carboxylic acids is 2. The number of fused-ring (bicyclic) bond motifs is 1. The molecule has 4 heterocycles. The largest absolute Gasteiger partial charge is 0.378 e. The van der Waals surface area contributed by atoms with Crippen molar-refractivity contribution in [3.8, 4) is 11.3 Å². The normalized spacial score (nSPS) is 19.5. The van der Waals surface area contributed by atoms with E-state index in [1.807, 2.05) is 47.3 Å². The summed E-state index contributed by atoms with van der Waals surface area (Å²) in [6, 6.07) is 14.6. The van der Waals surface area contributed by atoms with Crippen LogP contribution in [0.15, 0.2) is 54.7 Å². The number of likely N-dealkylation sites (tertiary alicyclic amines) is 1. The van der Waals surface area contributed by atoms with Gasteiger partial charge in [-0.15, -0.1) is 0 Å². The summed E-state index contributed by atoms with van der Waals surface area (Å²) in [6.45, 7) is 11.2. The number of anilines is 3. The number of urea groups is 1. The zero-order valence-corrected chi connectivity index (χ0v) is 27.2. The monoisotopic (exact) mass is 624 g/mol. The fourth-order valence-electron chi connectivity index (χ4n) is 6.35. The minimum Gasteiger partial charge on any atom is -0.378 e. The van der Waals surface area contributed by atoms with Gasteiger partial charge < -0.3 is 25.2 Å². The molecule has 11 heteroatoms. The van der Waals surface area contributed by atoms with Crippen molar-refractivity contribution in [2.45, 2.75) is 46.1 Å². The molecule has 2 aromatic carbocycles. The fourth-order valence-corrected chi connectivity index (χ4v) is 6.35. The highest BCUT2D eigenvalue weighted by atomic mass is 16.5. The van der Waals surface area contributed by atoms with Gasteiger partial charge in [-0.3, -0.25) is 4.79 Å². The third kappa shape index (κ3) is 7.05. The number of benzene rings is 2. The van der Waals surface area contributed by atoms with Crippen LogP contribution in [0.25, 0.3) is 22.3 Å². The van der Waals surface area contributed by atoms with Gasteiger partial charge in [-0.05, 0) is 95.6 Å². The molecule has 0 saturated carbocycles. The molecule has 11 nitrogen and oxygen atoms in total. The van der Waals surface area contributed by atoms with Crippen molar-refractivity contribution in [1.29, 1.82) is 0 Å². The number of Topliss-reactive ketones (excluding diaryl/α,β-unsaturated/α-hetero) is 1. The molecule has 2 aliphatic rings. The van der Waals surface area contributed by atoms with Crippen LogP contribution in [0.2, 0.25) is 0 Å². The number of morpholine rings is 1. The topological polar surface area (TPSA) is 118 Å². The lowest BCUT2D eigenvalue weighted by atomic mass is 9.81. The number of ether oxygens (including phenoxy) is 1. The molecule has 2 N–H and O–H groups in total. The minimum absolute atomic E-state index is 0.0366. The molecule has 46 heavy (non-hydrogen) atoms. The number of hydrogen-bond acceptors (Lipinski definition) is 8. The molecule has 2 aromatic heterocycles. The van der Waals surface area contributed by atoms with Crippen LogP contribution in [-0.4, -0.2) is 82.9 Å². The molecule has 2 atom stereocenters. The molecular weight excluding hydrogens is 580 g/mol. The van der Waals surface area contributed by atoms with Crippen LogP contribution >= 0.6 is 0 Å². The van der Waals surface area contributed by atoms with E-state index < -0.39 is 0 Å². The van der Waals surface area contributed by atoms with Gasteiger partial charge in [0.1, 0.15) is 0 Å². The van der Waals surface area contributed by atoms with Gasteiger partial charge in [0.2, 0.25) is 5.95 Å². The van der Waals surface area contributed by atoms with Crippen LogP contribution < -0.4 is 15.5 Å². The first-order chi connectivity index (χ1) is 22.3. The highest BCUT2D eigenvalue weighted by molar-refractivity contribution is 6.01. The second-order valence-electron chi connectivity index (χ2n) is 12.8. The first kappa shape index (κ1) is 31.6. The van der Waals surface area contributed by atoms with E-state index in [9.17, 15) is 9.59 Å². The average molecular weight is 625 g/mol. The van der Waals surface area contributed by atoms with Crippen molar-refractivity contribution in [1.82, 2.24) is 24.6 Å². The molecule has 0 radical (unpaired) electrons. The maximum absolute atomic E-state index is 13.3. The number of rotatable bonds is 7. The first-order valence-corrected chi connectivity index (χ1v) is 16.4. The second kappa shape index (κ2) is 14.0. The number of aromatic nitrogens is 4. The van der Waals surface area contributed by atoms with Gasteiger partial charge in [-0.1, -0.05) is 19.1 Å². The summed E-state index contributed by atoms with van der Waals surface area (Å²) in [5.74, 6) is 1.24. The lowest BCUT2D eigenvalue weighted by Crippen LogP contribution is -2.37. The van der Waals surface area contributed by atoms with E-state index in [1.165, 1.54) is 0 Å². The number of hydrogen-bond donors (Lipinski definition) is 2. The lowest BCUT2D eigenvalue weighted by molar-refractivity contribution is 0.0837. The summed E-state index contributed by atoms with van der Waals surface area (Å²) in [6.07, 6.45) is 4.78. The Kier molecular flexibility index (Phi) is 9.60. The molecule has 0 bridgehead atoms. The molecule has 2 saturated heterocycles. The number of nitrogens with zero attached hydrogens (tertiary/aromatic N) is 6. The summed E-state index contributed by atoms with van der Waals surface area (Å²) in [4.78, 5) is 40.5. The van der Waals surface area contributed by atoms with Crippen LogP contribution in [0, 0.1) is 11.8 Å². The Hall–Kier alpha value is -4.35. The summed E-state index contributed by atoms with van der Waals surface area (Å²) in [5, 5.41) is 11.3. The molecule has 0 aliphatic carbocycles. The van der Waals surface area contributed by atoms with Gasteiger partial charge in [0.15, 0.2) is 11.4 Å². The van der Waals surface area contributed by atoms with E-state index in [1.54, 1.807) is 12.1 Å². The van der Waals surface area contributed by atoms with Crippen LogP contribution in [-0.2, 0) is 4.74 Å². The fraction of sp³-hybridized carbons (Fsp3) is 0.457. The molecule has 4 aromatic rings. The molecule has 2 aliphatic heterocycles. The third-order valence-electron chi connectivity index (χ3n) is 9.11. The Morgan fingerprint density at radius 3 is 2.24 bits per heavy atom. The molecule has 0 spiro atoms.